The van der Waals surface area contributed by atoms with Gasteiger partial charge in [-0.3, -0.25) is 13.9 Å². The van der Waals surface area contributed by atoms with Crippen LogP contribution in [0.15, 0.2) is 82.2 Å². The lowest BCUT2D eigenvalue weighted by molar-refractivity contribution is -0.139. The number of ether oxygens (including phenoxy) is 1. The third-order valence-electron chi connectivity index (χ3n) is 6.66. The van der Waals surface area contributed by atoms with Gasteiger partial charge in [0.1, 0.15) is 18.3 Å². The summed E-state index contributed by atoms with van der Waals surface area (Å²) in [6.07, 6.45) is 0.735. The number of hydrogen-bond donors (Lipinski definition) is 1. The van der Waals surface area contributed by atoms with Crippen molar-refractivity contribution >= 4 is 43.5 Å². The Morgan fingerprint density at radius 3 is 2.23 bits per heavy atom. The zero-order chi connectivity index (χ0) is 29.4. The highest BCUT2D eigenvalue weighted by Crippen LogP contribution is 2.26. The molecule has 2 atom stereocenters. The Morgan fingerprint density at radius 2 is 1.65 bits per heavy atom. The van der Waals surface area contributed by atoms with Gasteiger partial charge in [0.2, 0.25) is 11.8 Å². The van der Waals surface area contributed by atoms with E-state index >= 15 is 0 Å². The molecule has 0 spiro atoms. The fourth-order valence-corrected chi connectivity index (χ4v) is 5.86. The molecule has 0 aliphatic heterocycles. The highest BCUT2D eigenvalue weighted by Gasteiger charge is 2.32. The normalized spacial score (nSPS) is 12.8. The number of nitrogens with one attached hydrogen (secondary N) is 1. The number of amides is 2. The summed E-state index contributed by atoms with van der Waals surface area (Å²) in [7, 11) is -2.65. The minimum atomic E-state index is -4.15. The van der Waals surface area contributed by atoms with E-state index in [1.165, 1.54) is 24.1 Å². The summed E-state index contributed by atoms with van der Waals surface area (Å²) >= 11 is 3.46. The van der Waals surface area contributed by atoms with Crippen molar-refractivity contribution in [3.63, 3.8) is 0 Å². The van der Waals surface area contributed by atoms with Crippen LogP contribution in [0.2, 0.25) is 0 Å². The van der Waals surface area contributed by atoms with Crippen LogP contribution in [-0.4, -0.2) is 50.9 Å². The van der Waals surface area contributed by atoms with E-state index in [-0.39, 0.29) is 23.4 Å². The third kappa shape index (κ3) is 7.85. The first-order valence-electron chi connectivity index (χ1n) is 13.0. The molecule has 0 fully saturated rings. The number of rotatable bonds is 12. The van der Waals surface area contributed by atoms with Crippen LogP contribution in [0, 0.1) is 6.92 Å². The predicted octanol–water partition coefficient (Wildman–Crippen LogP) is 5.29. The van der Waals surface area contributed by atoms with Gasteiger partial charge < -0.3 is 15.0 Å². The highest BCUT2D eigenvalue weighted by atomic mass is 79.9. The van der Waals surface area contributed by atoms with Crippen LogP contribution in [0.25, 0.3) is 0 Å². The standard InChI is InChI=1S/C30H36BrN3O5S/c1-6-22(3)32-30(36)23(4)33(19-24-8-7-9-25(31)18-24)29(35)20-34(26-12-10-21(2)11-13-26)40(37,38)28-16-14-27(39-5)15-17-28/h7-18,22-23H,6,19-20H2,1-5H3,(H,32,36)/t22-,23-/m0/s1. The first-order chi connectivity index (χ1) is 19.0. The molecule has 2 amide bonds. The molecule has 0 saturated carbocycles. The molecule has 214 valence electrons. The summed E-state index contributed by atoms with van der Waals surface area (Å²) in [5.74, 6) is -0.305. The van der Waals surface area contributed by atoms with Gasteiger partial charge in [-0.05, 0) is 81.3 Å². The second kappa shape index (κ2) is 13.8. The Balaban J connectivity index is 2.02. The summed E-state index contributed by atoms with van der Waals surface area (Å²) in [6, 6.07) is 19.4. The second-order valence-corrected chi connectivity index (χ2v) is 12.4. The molecule has 3 rings (SSSR count). The van der Waals surface area contributed by atoms with Crippen molar-refractivity contribution in [2.24, 2.45) is 0 Å². The van der Waals surface area contributed by atoms with Crippen molar-refractivity contribution in [3.8, 4) is 5.75 Å². The van der Waals surface area contributed by atoms with Gasteiger partial charge in [0.15, 0.2) is 0 Å². The zero-order valence-electron chi connectivity index (χ0n) is 23.4. The minimum Gasteiger partial charge on any atom is -0.497 e. The monoisotopic (exact) mass is 629 g/mol. The van der Waals surface area contributed by atoms with E-state index in [2.05, 4.69) is 21.2 Å². The van der Waals surface area contributed by atoms with Crippen molar-refractivity contribution < 1.29 is 22.7 Å². The Kier molecular flexibility index (Phi) is 10.8. The molecule has 8 nitrogen and oxygen atoms in total. The quantitative estimate of drug-likeness (QED) is 0.294. The average Bonchev–Trinajstić information content (AvgIpc) is 2.94. The molecule has 1 N–H and O–H groups in total. The van der Waals surface area contributed by atoms with Crippen LogP contribution in [0.1, 0.15) is 38.3 Å². The van der Waals surface area contributed by atoms with Crippen LogP contribution >= 0.6 is 15.9 Å². The number of sulfonamides is 1. The van der Waals surface area contributed by atoms with Gasteiger partial charge in [0.05, 0.1) is 17.7 Å². The van der Waals surface area contributed by atoms with E-state index < -0.39 is 28.5 Å². The number of carbonyl (C=O) groups is 2. The summed E-state index contributed by atoms with van der Waals surface area (Å²) in [4.78, 5) is 28.5. The maximum absolute atomic E-state index is 14.0. The number of hydrogen-bond acceptors (Lipinski definition) is 5. The van der Waals surface area contributed by atoms with Crippen LogP contribution in [0.3, 0.4) is 0 Å². The maximum atomic E-state index is 14.0. The van der Waals surface area contributed by atoms with Crippen molar-refractivity contribution in [1.82, 2.24) is 10.2 Å². The largest absolute Gasteiger partial charge is 0.497 e. The molecular formula is C30H36BrN3O5S. The number of anilines is 1. The first-order valence-corrected chi connectivity index (χ1v) is 15.3. The van der Waals surface area contributed by atoms with Gasteiger partial charge in [-0.15, -0.1) is 0 Å². The molecule has 0 radical (unpaired) electrons. The zero-order valence-corrected chi connectivity index (χ0v) is 25.8. The van der Waals surface area contributed by atoms with Gasteiger partial charge in [0, 0.05) is 17.1 Å². The molecular weight excluding hydrogens is 594 g/mol. The van der Waals surface area contributed by atoms with E-state index in [0.29, 0.717) is 11.4 Å². The van der Waals surface area contributed by atoms with Crippen molar-refractivity contribution in [2.75, 3.05) is 18.0 Å². The van der Waals surface area contributed by atoms with E-state index in [4.69, 9.17) is 4.74 Å². The van der Waals surface area contributed by atoms with Crippen molar-refractivity contribution in [3.05, 3.63) is 88.4 Å². The van der Waals surface area contributed by atoms with Crippen LogP contribution in [-0.2, 0) is 26.2 Å². The molecule has 10 heteroatoms. The number of aryl methyl sites for hydroxylation is 1. The second-order valence-electron chi connectivity index (χ2n) is 9.67. The Hall–Kier alpha value is -3.37. The molecule has 0 saturated heterocycles. The van der Waals surface area contributed by atoms with Crippen molar-refractivity contribution in [2.45, 2.75) is 57.6 Å². The molecule has 0 aromatic heterocycles. The molecule has 0 bridgehead atoms. The number of halogens is 1. The Bertz CT molecular complexity index is 1410. The molecule has 3 aromatic carbocycles. The molecule has 40 heavy (non-hydrogen) atoms. The Labute approximate surface area is 245 Å². The van der Waals surface area contributed by atoms with E-state index in [9.17, 15) is 18.0 Å². The predicted molar refractivity (Wildman–Crippen MR) is 161 cm³/mol. The number of nitrogens with zero attached hydrogens (tertiary/aromatic N) is 2. The van der Waals surface area contributed by atoms with E-state index in [1.807, 2.05) is 45.0 Å². The van der Waals surface area contributed by atoms with Gasteiger partial charge in [-0.2, -0.15) is 0 Å². The van der Waals surface area contributed by atoms with Crippen LogP contribution in [0.4, 0.5) is 5.69 Å². The number of carbonyl (C=O) groups excluding carboxylic acids is 2. The fraction of sp³-hybridized carbons (Fsp3) is 0.333. The fourth-order valence-electron chi connectivity index (χ4n) is 3.99. The maximum Gasteiger partial charge on any atom is 0.264 e. The van der Waals surface area contributed by atoms with Gasteiger partial charge >= 0.3 is 0 Å². The minimum absolute atomic E-state index is 0.0165. The molecule has 0 aliphatic carbocycles. The summed E-state index contributed by atoms with van der Waals surface area (Å²) < 4.78 is 34.9. The third-order valence-corrected chi connectivity index (χ3v) is 8.94. The van der Waals surface area contributed by atoms with Gasteiger partial charge in [-0.1, -0.05) is 52.7 Å². The molecule has 3 aromatic rings. The smallest absolute Gasteiger partial charge is 0.264 e. The topological polar surface area (TPSA) is 96.0 Å². The number of methoxy groups -OCH3 is 1. The lowest BCUT2D eigenvalue weighted by Crippen LogP contribution is -2.52. The van der Waals surface area contributed by atoms with Crippen molar-refractivity contribution in [1.29, 1.82) is 0 Å². The summed E-state index contributed by atoms with van der Waals surface area (Å²) in [5.41, 5.74) is 2.09. The molecule has 0 unspecified atom stereocenters. The summed E-state index contributed by atoms with van der Waals surface area (Å²) in [6.45, 7) is 7.04. The van der Waals surface area contributed by atoms with E-state index in [0.717, 1.165) is 26.3 Å². The van der Waals surface area contributed by atoms with Crippen LogP contribution in [0.5, 0.6) is 5.75 Å². The molecule has 0 aliphatic rings. The SMILES string of the molecule is CC[C@H](C)NC(=O)[C@H](C)N(Cc1cccc(Br)c1)C(=O)CN(c1ccc(C)cc1)S(=O)(=O)c1ccc(OC)cc1. The molecule has 0 heterocycles. The highest BCUT2D eigenvalue weighted by molar-refractivity contribution is 9.10. The van der Waals surface area contributed by atoms with E-state index in [1.54, 1.807) is 43.3 Å². The Morgan fingerprint density at radius 1 is 1.00 bits per heavy atom. The van der Waals surface area contributed by atoms with Crippen LogP contribution < -0.4 is 14.4 Å². The van der Waals surface area contributed by atoms with Gasteiger partial charge in [0.25, 0.3) is 10.0 Å². The lowest BCUT2D eigenvalue weighted by atomic mass is 10.1. The first kappa shape index (κ1) is 31.2. The number of benzene rings is 3. The van der Waals surface area contributed by atoms with Gasteiger partial charge in [-0.25, -0.2) is 8.42 Å². The average molecular weight is 631 g/mol. The lowest BCUT2D eigenvalue weighted by Gasteiger charge is -2.32. The summed E-state index contributed by atoms with van der Waals surface area (Å²) in [5, 5.41) is 2.93.